The van der Waals surface area contributed by atoms with Crippen molar-refractivity contribution in [1.29, 1.82) is 5.26 Å². The lowest BCUT2D eigenvalue weighted by molar-refractivity contribution is -0.133. The first-order valence-electron chi connectivity index (χ1n) is 8.25. The monoisotopic (exact) mass is 359 g/mol. The molecule has 0 saturated carbocycles. The molecule has 4 N–H and O–H groups in total. The third kappa shape index (κ3) is 3.60. The van der Waals surface area contributed by atoms with E-state index >= 15 is 0 Å². The zero-order chi connectivity index (χ0) is 18.7. The molecule has 1 saturated heterocycles. The van der Waals surface area contributed by atoms with Crippen molar-refractivity contribution in [1.82, 2.24) is 16.0 Å². The van der Waals surface area contributed by atoms with Gasteiger partial charge in [0, 0.05) is 18.2 Å². The Morgan fingerprint density at radius 1 is 1.38 bits per heavy atom. The van der Waals surface area contributed by atoms with Crippen LogP contribution in [-0.2, 0) is 9.59 Å². The molecule has 1 unspecified atom stereocenters. The summed E-state index contributed by atoms with van der Waals surface area (Å²) in [5.74, 6) is -2.10. The van der Waals surface area contributed by atoms with Gasteiger partial charge in [-0.25, -0.2) is 9.18 Å². The maximum absolute atomic E-state index is 13.4. The topological polar surface area (TPSA) is 117 Å². The number of hydrogen-bond donors (Lipinski definition) is 4. The number of rotatable bonds is 3. The Morgan fingerprint density at radius 3 is 2.92 bits per heavy atom. The first-order valence-corrected chi connectivity index (χ1v) is 8.25. The number of amides is 1. The van der Waals surface area contributed by atoms with E-state index in [1.54, 1.807) is 11.1 Å². The van der Waals surface area contributed by atoms with Gasteiger partial charge in [-0.05, 0) is 43.9 Å². The molecule has 3 rings (SSSR count). The van der Waals surface area contributed by atoms with E-state index in [4.69, 9.17) is 5.26 Å². The van der Waals surface area contributed by atoms with Gasteiger partial charge in [-0.2, -0.15) is 5.26 Å². The third-order valence-corrected chi connectivity index (χ3v) is 4.54. The number of fused-ring (bicyclic) bond motifs is 1. The second kappa shape index (κ2) is 7.41. The van der Waals surface area contributed by atoms with Crippen molar-refractivity contribution in [2.45, 2.75) is 25.7 Å². The molecule has 0 aliphatic carbocycles. The number of allylic oxidation sites excluding steroid dienone is 1. The number of aliphatic carboxylic acids is 1. The number of carboxylic acids is 1. The van der Waals surface area contributed by atoms with Crippen LogP contribution in [0.3, 0.4) is 0 Å². The molecule has 136 valence electrons. The highest BCUT2D eigenvalue weighted by Gasteiger charge is 2.30. The van der Waals surface area contributed by atoms with E-state index in [1.807, 2.05) is 0 Å². The third-order valence-electron chi connectivity index (χ3n) is 4.54. The lowest BCUT2D eigenvalue weighted by Gasteiger charge is -2.27. The maximum Gasteiger partial charge on any atom is 0.355 e. The molecule has 1 atom stereocenters. The van der Waals surface area contributed by atoms with Crippen molar-refractivity contribution >= 4 is 17.6 Å². The summed E-state index contributed by atoms with van der Waals surface area (Å²) in [6, 6.07) is 5.62. The number of carboxylic acid groups (broad SMARTS) is 1. The number of carbonyl (C=O) groups excluding carboxylic acids is 1. The van der Waals surface area contributed by atoms with Crippen molar-refractivity contribution < 1.29 is 19.1 Å². The molecule has 9 heteroatoms. The number of hydrazine groups is 2. The summed E-state index contributed by atoms with van der Waals surface area (Å²) in [6.07, 6.45) is 2.35. The highest BCUT2D eigenvalue weighted by Crippen LogP contribution is 2.27. The summed E-state index contributed by atoms with van der Waals surface area (Å²) >= 11 is 0. The second-order valence-electron chi connectivity index (χ2n) is 6.19. The summed E-state index contributed by atoms with van der Waals surface area (Å²) in [5.41, 5.74) is 6.54. The van der Waals surface area contributed by atoms with Crippen LogP contribution >= 0.6 is 0 Å². The van der Waals surface area contributed by atoms with Crippen molar-refractivity contribution in [2.24, 2.45) is 5.92 Å². The van der Waals surface area contributed by atoms with Gasteiger partial charge in [-0.3, -0.25) is 15.2 Å². The van der Waals surface area contributed by atoms with Crippen LogP contribution in [0.2, 0.25) is 0 Å². The minimum Gasteiger partial charge on any atom is -0.476 e. The van der Waals surface area contributed by atoms with E-state index in [0.29, 0.717) is 43.6 Å². The summed E-state index contributed by atoms with van der Waals surface area (Å²) in [7, 11) is 0. The van der Waals surface area contributed by atoms with Gasteiger partial charge in [0.1, 0.15) is 11.9 Å². The van der Waals surface area contributed by atoms with Gasteiger partial charge in [-0.15, -0.1) is 5.53 Å². The second-order valence-corrected chi connectivity index (χ2v) is 6.19. The average molecular weight is 359 g/mol. The molecule has 1 aromatic rings. The molecule has 2 aliphatic heterocycles. The fourth-order valence-electron chi connectivity index (χ4n) is 3.17. The van der Waals surface area contributed by atoms with Gasteiger partial charge in [0.2, 0.25) is 5.91 Å². The Morgan fingerprint density at radius 2 is 2.19 bits per heavy atom. The van der Waals surface area contributed by atoms with Crippen molar-refractivity contribution in [3.05, 3.63) is 41.0 Å². The standard InChI is InChI=1S/C17H18FN5O3/c18-13-5-4-12(8-11(13)9-19)20-16(24)10-2-1-3-14-15(17(25)26)21-22-23(14)7-6-10/h4-5,8,10,21-22H,1-3,6-7H2,(H,20,24)(H,25,26). The van der Waals surface area contributed by atoms with Crippen LogP contribution < -0.4 is 16.3 Å². The highest BCUT2D eigenvalue weighted by atomic mass is 19.1. The molecule has 1 fully saturated rings. The van der Waals surface area contributed by atoms with E-state index in [-0.39, 0.29) is 23.1 Å². The summed E-state index contributed by atoms with van der Waals surface area (Å²) in [4.78, 5) is 23.7. The quantitative estimate of drug-likeness (QED) is 0.645. The van der Waals surface area contributed by atoms with Gasteiger partial charge in [0.05, 0.1) is 11.3 Å². The summed E-state index contributed by atoms with van der Waals surface area (Å²) < 4.78 is 13.4. The zero-order valence-electron chi connectivity index (χ0n) is 13.9. The van der Waals surface area contributed by atoms with E-state index in [2.05, 4.69) is 16.3 Å². The Kier molecular flexibility index (Phi) is 5.04. The number of nitrogens with one attached hydrogen (secondary N) is 3. The lowest BCUT2D eigenvalue weighted by Crippen LogP contribution is -2.41. The molecule has 0 aromatic heterocycles. The predicted octanol–water partition coefficient (Wildman–Crippen LogP) is 1.45. The van der Waals surface area contributed by atoms with Gasteiger partial charge in [-0.1, -0.05) is 0 Å². The molecular weight excluding hydrogens is 341 g/mol. The molecule has 0 bridgehead atoms. The molecule has 1 amide bonds. The van der Waals surface area contributed by atoms with Crippen LogP contribution in [0, 0.1) is 23.1 Å². The van der Waals surface area contributed by atoms with E-state index in [9.17, 15) is 19.1 Å². The molecule has 2 aliphatic rings. The van der Waals surface area contributed by atoms with Gasteiger partial charge < -0.3 is 10.4 Å². The normalized spacial score (nSPS) is 19.7. The summed E-state index contributed by atoms with van der Waals surface area (Å²) in [6.45, 7) is 0.476. The fraction of sp³-hybridized carbons (Fsp3) is 0.353. The first kappa shape index (κ1) is 17.7. The number of halogens is 1. The molecule has 1 aromatic carbocycles. The van der Waals surface area contributed by atoms with E-state index < -0.39 is 11.8 Å². The van der Waals surface area contributed by atoms with Gasteiger partial charge in [0.15, 0.2) is 5.70 Å². The number of anilines is 1. The maximum atomic E-state index is 13.4. The van der Waals surface area contributed by atoms with Crippen molar-refractivity contribution in [3.8, 4) is 6.07 Å². The molecular formula is C17H18FN5O3. The van der Waals surface area contributed by atoms with Crippen LogP contribution in [0.25, 0.3) is 0 Å². The SMILES string of the molecule is N#Cc1cc(NC(=O)C2CCCC3=C(C(=O)O)NNN3CC2)ccc1F. The minimum absolute atomic E-state index is 0.121. The Balaban J connectivity index is 1.65. The minimum atomic E-state index is -1.02. The Labute approximate surface area is 149 Å². The fourth-order valence-corrected chi connectivity index (χ4v) is 3.17. The number of hydrogen-bond acceptors (Lipinski definition) is 6. The molecule has 0 radical (unpaired) electrons. The average Bonchev–Trinajstić information content (AvgIpc) is 2.98. The molecule has 2 heterocycles. The summed E-state index contributed by atoms with van der Waals surface area (Å²) in [5, 5.41) is 22.5. The number of nitrogens with zero attached hydrogens (tertiary/aromatic N) is 2. The van der Waals surface area contributed by atoms with Crippen LogP contribution in [0.15, 0.2) is 29.6 Å². The number of nitriles is 1. The van der Waals surface area contributed by atoms with E-state index in [1.165, 1.54) is 12.1 Å². The highest BCUT2D eigenvalue weighted by molar-refractivity contribution is 5.92. The Bertz CT molecular complexity index is 817. The van der Waals surface area contributed by atoms with Gasteiger partial charge >= 0.3 is 5.97 Å². The van der Waals surface area contributed by atoms with Crippen molar-refractivity contribution in [2.75, 3.05) is 11.9 Å². The van der Waals surface area contributed by atoms with Crippen LogP contribution in [-0.4, -0.2) is 28.5 Å². The number of benzene rings is 1. The van der Waals surface area contributed by atoms with E-state index in [0.717, 1.165) is 6.07 Å². The molecule has 8 nitrogen and oxygen atoms in total. The smallest absolute Gasteiger partial charge is 0.355 e. The molecule has 0 spiro atoms. The van der Waals surface area contributed by atoms with Crippen LogP contribution in [0.4, 0.5) is 10.1 Å². The number of carbonyl (C=O) groups is 2. The predicted molar refractivity (Wildman–Crippen MR) is 89.3 cm³/mol. The van der Waals surface area contributed by atoms with Crippen molar-refractivity contribution in [3.63, 3.8) is 0 Å². The lowest BCUT2D eigenvalue weighted by atomic mass is 9.94. The zero-order valence-corrected chi connectivity index (χ0v) is 13.9. The van der Waals surface area contributed by atoms with Crippen LogP contribution in [0.1, 0.15) is 31.2 Å². The molecule has 26 heavy (non-hydrogen) atoms. The Hall–Kier alpha value is -3.12. The first-order chi connectivity index (χ1) is 12.5. The van der Waals surface area contributed by atoms with Gasteiger partial charge in [0.25, 0.3) is 0 Å². The largest absolute Gasteiger partial charge is 0.476 e. The van der Waals surface area contributed by atoms with Crippen LogP contribution in [0.5, 0.6) is 0 Å².